The van der Waals surface area contributed by atoms with Crippen molar-refractivity contribution in [1.29, 1.82) is 0 Å². The molecule has 0 aliphatic carbocycles. The van der Waals surface area contributed by atoms with Crippen LogP contribution in [-0.2, 0) is 0 Å². The summed E-state index contributed by atoms with van der Waals surface area (Å²) in [5, 5.41) is 0. The Morgan fingerprint density at radius 2 is 1.52 bits per heavy atom. The number of unbranched alkanes of at least 4 members (excludes halogenated alkanes) is 1. The Balaban J connectivity index is 1.64. The number of likely N-dealkylation sites (tertiary alicyclic amines) is 1. The zero-order valence-electron chi connectivity index (χ0n) is 20.5. The first kappa shape index (κ1) is 24.8. The van der Waals surface area contributed by atoms with Crippen LogP contribution in [0.15, 0.2) is 54.6 Å². The van der Waals surface area contributed by atoms with Gasteiger partial charge in [-0.25, -0.2) is 0 Å². The molecule has 0 saturated carbocycles. The molecule has 2 aromatic rings. The number of benzene rings is 2. The molecule has 1 aliphatic heterocycles. The predicted octanol–water partition coefficient (Wildman–Crippen LogP) is 5.47. The fourth-order valence-corrected chi connectivity index (χ4v) is 4.63. The number of anilines is 1. The van der Waals surface area contributed by atoms with Crippen molar-refractivity contribution < 1.29 is 9.59 Å². The van der Waals surface area contributed by atoms with Gasteiger partial charge in [-0.1, -0.05) is 38.5 Å². The molecule has 0 radical (unpaired) electrons. The first-order valence-corrected chi connectivity index (χ1v) is 12.6. The maximum absolute atomic E-state index is 13.4. The lowest BCUT2D eigenvalue weighted by Gasteiger charge is -2.38. The normalized spacial score (nSPS) is 14.2. The van der Waals surface area contributed by atoms with E-state index < -0.39 is 0 Å². The Bertz CT molecular complexity index is 874. The van der Waals surface area contributed by atoms with Gasteiger partial charge < -0.3 is 14.7 Å². The Morgan fingerprint density at radius 1 is 0.848 bits per heavy atom. The van der Waals surface area contributed by atoms with E-state index in [1.54, 1.807) is 0 Å². The van der Waals surface area contributed by atoms with Crippen LogP contribution in [0, 0.1) is 0 Å². The summed E-state index contributed by atoms with van der Waals surface area (Å²) in [5.74, 6) is 0.189. The predicted molar refractivity (Wildman–Crippen MR) is 136 cm³/mol. The number of carbonyl (C=O) groups excluding carboxylic acids is 2. The summed E-state index contributed by atoms with van der Waals surface area (Å²) in [7, 11) is 0. The molecule has 0 atom stereocenters. The lowest BCUT2D eigenvalue weighted by molar-refractivity contribution is 0.0519. The van der Waals surface area contributed by atoms with Gasteiger partial charge >= 0.3 is 0 Å². The topological polar surface area (TPSA) is 43.9 Å². The Morgan fingerprint density at radius 3 is 2.09 bits per heavy atom. The molecule has 1 aliphatic rings. The number of hydrogen-bond acceptors (Lipinski definition) is 3. The second-order valence-corrected chi connectivity index (χ2v) is 8.87. The Hall–Kier alpha value is -2.82. The van der Waals surface area contributed by atoms with Gasteiger partial charge in [0.25, 0.3) is 11.8 Å². The molecular weight excluding hydrogens is 410 g/mol. The molecule has 1 heterocycles. The quantitative estimate of drug-likeness (QED) is 0.483. The average Bonchev–Trinajstić information content (AvgIpc) is 2.88. The monoisotopic (exact) mass is 449 g/mol. The van der Waals surface area contributed by atoms with Crippen LogP contribution in [0.5, 0.6) is 0 Å². The zero-order chi connectivity index (χ0) is 23.6. The van der Waals surface area contributed by atoms with E-state index in [1.807, 2.05) is 52.3 Å². The van der Waals surface area contributed by atoms with Crippen LogP contribution in [-0.4, -0.2) is 60.4 Å². The highest BCUT2D eigenvalue weighted by Crippen LogP contribution is 2.23. The van der Waals surface area contributed by atoms with Gasteiger partial charge in [-0.2, -0.15) is 0 Å². The van der Waals surface area contributed by atoms with Gasteiger partial charge in [0.1, 0.15) is 0 Å². The van der Waals surface area contributed by atoms with Gasteiger partial charge in [0.15, 0.2) is 0 Å². The van der Waals surface area contributed by atoms with Crippen LogP contribution < -0.4 is 4.90 Å². The summed E-state index contributed by atoms with van der Waals surface area (Å²) >= 11 is 0. The molecule has 5 heteroatoms. The van der Waals surface area contributed by atoms with Crippen LogP contribution in [0.3, 0.4) is 0 Å². The van der Waals surface area contributed by atoms with Gasteiger partial charge in [0.05, 0.1) is 0 Å². The minimum Gasteiger partial charge on any atom is -0.372 e. The maximum Gasteiger partial charge on any atom is 0.254 e. The van der Waals surface area contributed by atoms with Crippen LogP contribution in [0.4, 0.5) is 5.69 Å². The molecular formula is C28H39N3O2. The lowest BCUT2D eigenvalue weighted by Crippen LogP contribution is -2.49. The van der Waals surface area contributed by atoms with E-state index in [-0.39, 0.29) is 17.9 Å². The van der Waals surface area contributed by atoms with Gasteiger partial charge in [-0.15, -0.1) is 0 Å². The van der Waals surface area contributed by atoms with E-state index in [4.69, 9.17) is 0 Å². The second-order valence-electron chi connectivity index (χ2n) is 8.87. The highest BCUT2D eigenvalue weighted by molar-refractivity contribution is 5.95. The smallest absolute Gasteiger partial charge is 0.254 e. The Kier molecular flexibility index (Phi) is 9.35. The van der Waals surface area contributed by atoms with Crippen molar-refractivity contribution in [1.82, 2.24) is 9.80 Å². The van der Waals surface area contributed by atoms with Crippen LogP contribution in [0.25, 0.3) is 0 Å². The van der Waals surface area contributed by atoms with Crippen molar-refractivity contribution in [2.75, 3.05) is 37.6 Å². The molecule has 1 saturated heterocycles. The molecule has 3 rings (SSSR count). The van der Waals surface area contributed by atoms with E-state index in [9.17, 15) is 9.59 Å². The van der Waals surface area contributed by atoms with E-state index in [0.717, 1.165) is 50.0 Å². The third kappa shape index (κ3) is 6.37. The number of carbonyl (C=O) groups is 2. The van der Waals surface area contributed by atoms with Crippen molar-refractivity contribution in [3.8, 4) is 0 Å². The lowest BCUT2D eigenvalue weighted by atomic mass is 10.0. The minimum absolute atomic E-state index is 0.0848. The summed E-state index contributed by atoms with van der Waals surface area (Å²) in [6, 6.07) is 17.7. The summed E-state index contributed by atoms with van der Waals surface area (Å²) in [5.41, 5.74) is 2.66. The SMILES string of the molecule is CCCCN(CC)c1ccc(C(=O)N(CCC)C2CCN(C(=O)c3ccccc3)CC2)cc1. The number of amides is 2. The molecule has 0 spiro atoms. The number of rotatable bonds is 10. The third-order valence-electron chi connectivity index (χ3n) is 6.58. The van der Waals surface area contributed by atoms with E-state index in [1.165, 1.54) is 18.5 Å². The fraction of sp³-hybridized carbons (Fsp3) is 0.500. The summed E-state index contributed by atoms with van der Waals surface area (Å²) in [6.07, 6.45) is 4.92. The molecule has 0 N–H and O–H groups in total. The number of hydrogen-bond donors (Lipinski definition) is 0. The van der Waals surface area contributed by atoms with Gasteiger partial charge in [0.2, 0.25) is 0 Å². The standard InChI is InChI=1S/C28H39N3O2/c1-4-7-20-29(6-3)25-15-13-24(14-16-25)28(33)31(19-5-2)26-17-21-30(22-18-26)27(32)23-11-9-8-10-12-23/h8-16,26H,4-7,17-22H2,1-3H3. The minimum atomic E-state index is 0.0848. The highest BCUT2D eigenvalue weighted by Gasteiger charge is 2.30. The summed E-state index contributed by atoms with van der Waals surface area (Å²) in [4.78, 5) is 32.5. The van der Waals surface area contributed by atoms with Crippen LogP contribution >= 0.6 is 0 Å². The van der Waals surface area contributed by atoms with Gasteiger partial charge in [-0.3, -0.25) is 9.59 Å². The molecule has 1 fully saturated rings. The summed E-state index contributed by atoms with van der Waals surface area (Å²) < 4.78 is 0. The first-order valence-electron chi connectivity index (χ1n) is 12.6. The first-order chi connectivity index (χ1) is 16.1. The van der Waals surface area contributed by atoms with Crippen molar-refractivity contribution in [3.05, 3.63) is 65.7 Å². The molecule has 0 bridgehead atoms. The van der Waals surface area contributed by atoms with E-state index in [2.05, 4.69) is 37.8 Å². The second kappa shape index (κ2) is 12.4. The van der Waals surface area contributed by atoms with E-state index in [0.29, 0.717) is 13.1 Å². The fourth-order valence-electron chi connectivity index (χ4n) is 4.63. The van der Waals surface area contributed by atoms with Gasteiger partial charge in [0, 0.05) is 55.6 Å². The van der Waals surface area contributed by atoms with Crippen molar-refractivity contribution in [2.45, 2.75) is 58.9 Å². The summed E-state index contributed by atoms with van der Waals surface area (Å²) in [6.45, 7) is 10.6. The van der Waals surface area contributed by atoms with Crippen LogP contribution in [0.1, 0.15) is 73.6 Å². The maximum atomic E-state index is 13.4. The average molecular weight is 450 g/mol. The number of nitrogens with zero attached hydrogens (tertiary/aromatic N) is 3. The Labute approximate surface area is 199 Å². The zero-order valence-corrected chi connectivity index (χ0v) is 20.5. The number of piperidine rings is 1. The largest absolute Gasteiger partial charge is 0.372 e. The highest BCUT2D eigenvalue weighted by atomic mass is 16.2. The van der Waals surface area contributed by atoms with Gasteiger partial charge in [-0.05, 0) is 69.0 Å². The third-order valence-corrected chi connectivity index (χ3v) is 6.58. The molecule has 2 aromatic carbocycles. The van der Waals surface area contributed by atoms with E-state index >= 15 is 0 Å². The molecule has 33 heavy (non-hydrogen) atoms. The molecule has 2 amide bonds. The van der Waals surface area contributed by atoms with Crippen molar-refractivity contribution in [3.63, 3.8) is 0 Å². The molecule has 0 unspecified atom stereocenters. The molecule has 5 nitrogen and oxygen atoms in total. The van der Waals surface area contributed by atoms with Crippen molar-refractivity contribution in [2.24, 2.45) is 0 Å². The molecule has 178 valence electrons. The van der Waals surface area contributed by atoms with Crippen LogP contribution in [0.2, 0.25) is 0 Å². The van der Waals surface area contributed by atoms with Crippen molar-refractivity contribution >= 4 is 17.5 Å². The molecule has 0 aromatic heterocycles.